The van der Waals surface area contributed by atoms with Gasteiger partial charge in [-0.1, -0.05) is 18.2 Å². The first kappa shape index (κ1) is 24.0. The zero-order chi connectivity index (χ0) is 24.4. The van der Waals surface area contributed by atoms with Crippen molar-refractivity contribution in [2.75, 3.05) is 31.5 Å². The molecule has 1 amide bonds. The zero-order valence-corrected chi connectivity index (χ0v) is 21.0. The number of nitrogens with one attached hydrogen (secondary N) is 2. The number of fused-ring (bicyclic) bond motifs is 1. The summed E-state index contributed by atoms with van der Waals surface area (Å²) in [6.07, 6.45) is 4.78. The molecule has 5 rings (SSSR count). The number of H-pyrrole nitrogens is 1. The Morgan fingerprint density at radius 3 is 2.69 bits per heavy atom. The molecule has 2 aliphatic heterocycles. The summed E-state index contributed by atoms with van der Waals surface area (Å²) in [6, 6.07) is 14.1. The normalized spacial score (nSPS) is 19.9. The second-order valence-electron chi connectivity index (χ2n) is 9.70. The molecule has 0 saturated carbocycles. The van der Waals surface area contributed by atoms with E-state index in [1.54, 1.807) is 4.31 Å². The van der Waals surface area contributed by atoms with Gasteiger partial charge in [-0.25, -0.2) is 4.98 Å². The first-order chi connectivity index (χ1) is 16.9. The molecule has 2 fully saturated rings. The minimum atomic E-state index is -3.48. The molecule has 0 spiro atoms. The number of carbonyl (C=O) groups is 1. The van der Waals surface area contributed by atoms with Crippen molar-refractivity contribution in [1.29, 1.82) is 0 Å². The number of hydrogen-bond acceptors (Lipinski definition) is 4. The van der Waals surface area contributed by atoms with Gasteiger partial charge in [-0.15, -0.1) is 0 Å². The molecule has 0 aliphatic carbocycles. The number of aromatic nitrogens is 2. The van der Waals surface area contributed by atoms with Gasteiger partial charge < -0.3 is 10.3 Å². The van der Waals surface area contributed by atoms with E-state index in [1.165, 1.54) is 9.87 Å². The van der Waals surface area contributed by atoms with Crippen LogP contribution < -0.4 is 5.32 Å². The SMILES string of the molecule is Cc1ccc2nc(CCc3cccc(NC(=O)[C@H]4CCCN(S(=O)(=O)N5CCCC5)C4)c3)[nH]c2c1. The summed E-state index contributed by atoms with van der Waals surface area (Å²) in [5, 5.41) is 3.02. The van der Waals surface area contributed by atoms with Gasteiger partial charge in [0.1, 0.15) is 5.82 Å². The standard InChI is InChI=1S/C26H33N5O3S/c1-19-9-11-23-24(16-19)29-25(28-23)12-10-20-6-4-8-22(17-20)27-26(32)21-7-5-15-31(18-21)35(33,34)30-13-2-3-14-30/h4,6,8-9,11,16-17,21H,2-3,5,7,10,12-15,18H2,1H3,(H,27,32)(H,28,29)/t21-/m0/s1. The van der Waals surface area contributed by atoms with E-state index in [9.17, 15) is 13.2 Å². The van der Waals surface area contributed by atoms with Crippen molar-refractivity contribution in [3.8, 4) is 0 Å². The number of piperidine rings is 1. The van der Waals surface area contributed by atoms with E-state index in [-0.39, 0.29) is 18.4 Å². The predicted molar refractivity (Wildman–Crippen MR) is 137 cm³/mol. The van der Waals surface area contributed by atoms with Crippen molar-refractivity contribution in [3.63, 3.8) is 0 Å². The summed E-state index contributed by atoms with van der Waals surface area (Å²) in [5.41, 5.74) is 5.08. The number of imidazole rings is 1. The lowest BCUT2D eigenvalue weighted by Crippen LogP contribution is -2.49. The Balaban J connectivity index is 1.19. The second-order valence-corrected chi connectivity index (χ2v) is 11.6. The van der Waals surface area contributed by atoms with Gasteiger partial charge in [0, 0.05) is 38.3 Å². The van der Waals surface area contributed by atoms with Crippen LogP contribution in [0.1, 0.15) is 42.6 Å². The fourth-order valence-electron chi connectivity index (χ4n) is 5.05. The maximum atomic E-state index is 13.0. The molecular weight excluding hydrogens is 462 g/mol. The third kappa shape index (κ3) is 5.42. The van der Waals surface area contributed by atoms with Crippen molar-refractivity contribution in [3.05, 3.63) is 59.4 Å². The molecule has 1 atom stereocenters. The topological polar surface area (TPSA) is 98.4 Å². The number of rotatable bonds is 7. The quantitative estimate of drug-likeness (QED) is 0.523. The molecule has 1 aromatic heterocycles. The summed E-state index contributed by atoms with van der Waals surface area (Å²) in [7, 11) is -3.48. The van der Waals surface area contributed by atoms with E-state index in [4.69, 9.17) is 0 Å². The average molecular weight is 496 g/mol. The lowest BCUT2D eigenvalue weighted by atomic mass is 9.98. The highest BCUT2D eigenvalue weighted by atomic mass is 32.2. The Morgan fingerprint density at radius 2 is 1.86 bits per heavy atom. The molecule has 2 N–H and O–H groups in total. The molecule has 2 saturated heterocycles. The van der Waals surface area contributed by atoms with Crippen LogP contribution >= 0.6 is 0 Å². The molecule has 9 heteroatoms. The van der Waals surface area contributed by atoms with Gasteiger partial charge in [0.25, 0.3) is 10.2 Å². The number of aromatic amines is 1. The minimum Gasteiger partial charge on any atom is -0.342 e. The Kier molecular flexibility index (Phi) is 6.91. The zero-order valence-electron chi connectivity index (χ0n) is 20.2. The van der Waals surface area contributed by atoms with Gasteiger partial charge in [0.2, 0.25) is 5.91 Å². The largest absolute Gasteiger partial charge is 0.342 e. The average Bonchev–Trinajstić information content (AvgIpc) is 3.53. The van der Waals surface area contributed by atoms with Crippen LogP contribution in [0.25, 0.3) is 11.0 Å². The van der Waals surface area contributed by atoms with E-state index in [0.717, 1.165) is 53.8 Å². The smallest absolute Gasteiger partial charge is 0.281 e. The third-order valence-corrected chi connectivity index (χ3v) is 9.01. The fourth-order valence-corrected chi connectivity index (χ4v) is 6.83. The molecular formula is C26H33N5O3S. The van der Waals surface area contributed by atoms with E-state index < -0.39 is 10.2 Å². The Bertz CT molecular complexity index is 1310. The molecule has 3 heterocycles. The van der Waals surface area contributed by atoms with Crippen molar-refractivity contribution in [1.82, 2.24) is 18.6 Å². The highest BCUT2D eigenvalue weighted by Gasteiger charge is 2.36. The number of amides is 1. The van der Waals surface area contributed by atoms with Crippen LogP contribution in [0.3, 0.4) is 0 Å². The van der Waals surface area contributed by atoms with Crippen LogP contribution in [0.15, 0.2) is 42.5 Å². The van der Waals surface area contributed by atoms with Crippen LogP contribution in [0.4, 0.5) is 5.69 Å². The molecule has 35 heavy (non-hydrogen) atoms. The highest BCUT2D eigenvalue weighted by molar-refractivity contribution is 7.86. The van der Waals surface area contributed by atoms with Crippen LogP contribution in [-0.2, 0) is 27.8 Å². The number of benzene rings is 2. The highest BCUT2D eigenvalue weighted by Crippen LogP contribution is 2.25. The molecule has 0 bridgehead atoms. The summed E-state index contributed by atoms with van der Waals surface area (Å²) >= 11 is 0. The molecule has 3 aromatic rings. The second kappa shape index (κ2) is 10.1. The minimum absolute atomic E-state index is 0.115. The fraction of sp³-hybridized carbons (Fsp3) is 0.462. The first-order valence-electron chi connectivity index (χ1n) is 12.5. The monoisotopic (exact) mass is 495 g/mol. The summed E-state index contributed by atoms with van der Waals surface area (Å²) in [4.78, 5) is 21.1. The summed E-state index contributed by atoms with van der Waals surface area (Å²) in [5.74, 6) is 0.487. The lowest BCUT2D eigenvalue weighted by Gasteiger charge is -2.33. The van der Waals surface area contributed by atoms with Crippen molar-refractivity contribution >= 4 is 32.8 Å². The molecule has 2 aromatic carbocycles. The molecule has 0 radical (unpaired) electrons. The van der Waals surface area contributed by atoms with Gasteiger partial charge >= 0.3 is 0 Å². The predicted octanol–water partition coefficient (Wildman–Crippen LogP) is 3.65. The molecule has 0 unspecified atom stereocenters. The van der Waals surface area contributed by atoms with Crippen LogP contribution in [0.5, 0.6) is 0 Å². The van der Waals surface area contributed by atoms with Crippen LogP contribution in [-0.4, -0.2) is 59.1 Å². The maximum Gasteiger partial charge on any atom is 0.281 e. The Hall–Kier alpha value is -2.75. The molecule has 8 nitrogen and oxygen atoms in total. The molecule has 186 valence electrons. The van der Waals surface area contributed by atoms with E-state index >= 15 is 0 Å². The number of nitrogens with zero attached hydrogens (tertiary/aromatic N) is 3. The van der Waals surface area contributed by atoms with Gasteiger partial charge in [0.15, 0.2) is 0 Å². The lowest BCUT2D eigenvalue weighted by molar-refractivity contribution is -0.120. The van der Waals surface area contributed by atoms with E-state index in [1.807, 2.05) is 30.3 Å². The number of hydrogen-bond donors (Lipinski definition) is 2. The number of aryl methyl sites for hydroxylation is 3. The Morgan fingerprint density at radius 1 is 1.06 bits per heavy atom. The maximum absolute atomic E-state index is 13.0. The Labute approximate surface area is 206 Å². The van der Waals surface area contributed by atoms with E-state index in [2.05, 4.69) is 34.3 Å². The third-order valence-electron chi connectivity index (χ3n) is 7.00. The van der Waals surface area contributed by atoms with Crippen molar-refractivity contribution in [2.45, 2.75) is 45.4 Å². The van der Waals surface area contributed by atoms with Gasteiger partial charge in [-0.05, 0) is 74.4 Å². The molecule has 2 aliphatic rings. The number of carbonyl (C=O) groups excluding carboxylic acids is 1. The van der Waals surface area contributed by atoms with Gasteiger partial charge in [-0.2, -0.15) is 17.0 Å². The van der Waals surface area contributed by atoms with Crippen molar-refractivity contribution < 1.29 is 13.2 Å². The van der Waals surface area contributed by atoms with Crippen LogP contribution in [0.2, 0.25) is 0 Å². The first-order valence-corrected chi connectivity index (χ1v) is 13.9. The van der Waals surface area contributed by atoms with Crippen LogP contribution in [0, 0.1) is 12.8 Å². The van der Waals surface area contributed by atoms with Gasteiger partial charge in [0.05, 0.1) is 17.0 Å². The van der Waals surface area contributed by atoms with E-state index in [0.29, 0.717) is 32.5 Å². The number of anilines is 1. The summed E-state index contributed by atoms with van der Waals surface area (Å²) < 4.78 is 28.9. The van der Waals surface area contributed by atoms with Crippen molar-refractivity contribution in [2.24, 2.45) is 5.92 Å². The summed E-state index contributed by atoms with van der Waals surface area (Å²) in [6.45, 7) is 3.96. The van der Waals surface area contributed by atoms with Gasteiger partial charge in [-0.3, -0.25) is 4.79 Å².